The molecule has 0 radical (unpaired) electrons. The van der Waals surface area contributed by atoms with Crippen LogP contribution in [0.4, 0.5) is 5.13 Å². The highest BCUT2D eigenvalue weighted by Crippen LogP contribution is 2.36. The number of benzene rings is 2. The highest BCUT2D eigenvalue weighted by atomic mass is 35.5. The lowest BCUT2D eigenvalue weighted by molar-refractivity contribution is 0.0985. The van der Waals surface area contributed by atoms with Gasteiger partial charge >= 0.3 is 0 Å². The number of carbonyl (C=O) groups excluding carboxylic acids is 1. The van der Waals surface area contributed by atoms with Gasteiger partial charge in [-0.1, -0.05) is 23.5 Å². The van der Waals surface area contributed by atoms with Gasteiger partial charge in [0.15, 0.2) is 15.0 Å². The average molecular weight is 484 g/mol. The van der Waals surface area contributed by atoms with Gasteiger partial charge in [-0.2, -0.15) is 0 Å². The molecule has 0 unspecified atom stereocenters. The Morgan fingerprint density at radius 1 is 1.16 bits per heavy atom. The van der Waals surface area contributed by atoms with Gasteiger partial charge in [0.1, 0.15) is 11.3 Å². The second kappa shape index (κ2) is 9.95. The van der Waals surface area contributed by atoms with Gasteiger partial charge in [-0.05, 0) is 50.8 Å². The Morgan fingerprint density at radius 3 is 2.48 bits per heavy atom. The number of methoxy groups -OCH3 is 1. The maximum atomic E-state index is 13.4. The molecule has 0 saturated carbocycles. The molecule has 0 aliphatic rings. The van der Waals surface area contributed by atoms with Crippen molar-refractivity contribution in [2.24, 2.45) is 0 Å². The van der Waals surface area contributed by atoms with Crippen molar-refractivity contribution < 1.29 is 17.9 Å². The van der Waals surface area contributed by atoms with Crippen molar-refractivity contribution in [3.8, 4) is 5.75 Å². The van der Waals surface area contributed by atoms with Gasteiger partial charge in [0.05, 0.1) is 16.7 Å². The standard InChI is InChI=1S/C21H25N3O4S2.ClH/c1-14-9-10-17(28-4)18-19(14)29-21(22-18)24(12-11-23(2)3)20(25)15-7-6-8-16(13-15)30(5,26)27;/h6-10,13H,11-12H2,1-5H3;1H. The van der Waals surface area contributed by atoms with Crippen LogP contribution in [-0.4, -0.2) is 64.8 Å². The highest BCUT2D eigenvalue weighted by molar-refractivity contribution is 7.90. The Balaban J connectivity index is 0.00000341. The van der Waals surface area contributed by atoms with Crippen molar-refractivity contribution >= 4 is 54.8 Å². The Hall–Kier alpha value is -2.20. The van der Waals surface area contributed by atoms with Crippen molar-refractivity contribution in [3.63, 3.8) is 0 Å². The van der Waals surface area contributed by atoms with Crippen LogP contribution >= 0.6 is 23.7 Å². The third kappa shape index (κ3) is 5.54. The Morgan fingerprint density at radius 2 is 1.87 bits per heavy atom. The highest BCUT2D eigenvalue weighted by Gasteiger charge is 2.24. The number of thiazole rings is 1. The topological polar surface area (TPSA) is 79.8 Å². The number of aromatic nitrogens is 1. The number of ether oxygens (including phenoxy) is 1. The zero-order valence-corrected chi connectivity index (χ0v) is 20.5. The number of rotatable bonds is 7. The van der Waals surface area contributed by atoms with Crippen LogP contribution in [0.25, 0.3) is 10.2 Å². The summed E-state index contributed by atoms with van der Waals surface area (Å²) in [5, 5.41) is 0.550. The molecule has 0 spiro atoms. The van der Waals surface area contributed by atoms with Crippen LogP contribution in [0.5, 0.6) is 5.75 Å². The maximum absolute atomic E-state index is 13.4. The summed E-state index contributed by atoms with van der Waals surface area (Å²) in [5.41, 5.74) is 2.07. The Bertz CT molecular complexity index is 1190. The average Bonchev–Trinajstić information content (AvgIpc) is 3.13. The first-order valence-corrected chi connectivity index (χ1v) is 12.0. The van der Waals surface area contributed by atoms with Gasteiger partial charge in [0.2, 0.25) is 0 Å². The smallest absolute Gasteiger partial charge is 0.260 e. The number of fused-ring (bicyclic) bond motifs is 1. The van der Waals surface area contributed by atoms with Crippen molar-refractivity contribution in [3.05, 3.63) is 47.5 Å². The summed E-state index contributed by atoms with van der Waals surface area (Å²) in [5.74, 6) is 0.357. The third-order valence-corrected chi connectivity index (χ3v) is 6.99. The third-order valence-electron chi connectivity index (χ3n) is 4.67. The lowest BCUT2D eigenvalue weighted by Crippen LogP contribution is -2.36. The van der Waals surface area contributed by atoms with Crippen LogP contribution in [0, 0.1) is 6.92 Å². The van der Waals surface area contributed by atoms with Crippen LogP contribution in [0.2, 0.25) is 0 Å². The first-order chi connectivity index (χ1) is 14.1. The van der Waals surface area contributed by atoms with Gasteiger partial charge in [0.25, 0.3) is 5.91 Å². The minimum Gasteiger partial charge on any atom is -0.494 e. The number of amides is 1. The summed E-state index contributed by atoms with van der Waals surface area (Å²) >= 11 is 1.42. The summed E-state index contributed by atoms with van der Waals surface area (Å²) in [6.45, 7) is 3.03. The van der Waals surface area contributed by atoms with Crippen molar-refractivity contribution in [2.75, 3.05) is 45.5 Å². The molecule has 3 rings (SSSR count). The van der Waals surface area contributed by atoms with E-state index in [4.69, 9.17) is 9.72 Å². The van der Waals surface area contributed by atoms with E-state index in [2.05, 4.69) is 0 Å². The number of aryl methyl sites for hydroxylation is 1. The molecule has 0 N–H and O–H groups in total. The summed E-state index contributed by atoms with van der Waals surface area (Å²) in [6.07, 6.45) is 1.13. The monoisotopic (exact) mass is 483 g/mol. The van der Waals surface area contributed by atoms with E-state index in [0.717, 1.165) is 16.5 Å². The largest absolute Gasteiger partial charge is 0.494 e. The van der Waals surface area contributed by atoms with Crippen molar-refractivity contribution in [1.29, 1.82) is 0 Å². The molecule has 1 heterocycles. The molecule has 0 saturated heterocycles. The van der Waals surface area contributed by atoms with Crippen molar-refractivity contribution in [1.82, 2.24) is 9.88 Å². The second-order valence-corrected chi connectivity index (χ2v) is 10.3. The normalized spacial score (nSPS) is 11.4. The van der Waals surface area contributed by atoms with E-state index in [1.165, 1.54) is 23.5 Å². The molecule has 10 heteroatoms. The first-order valence-electron chi connectivity index (χ1n) is 9.32. The van der Waals surface area contributed by atoms with Crippen LogP contribution in [0.1, 0.15) is 15.9 Å². The lowest BCUT2D eigenvalue weighted by Gasteiger charge is -2.22. The summed E-state index contributed by atoms with van der Waals surface area (Å²) < 4.78 is 30.3. The lowest BCUT2D eigenvalue weighted by atomic mass is 10.2. The van der Waals surface area contributed by atoms with Gasteiger partial charge in [-0.15, -0.1) is 12.4 Å². The first kappa shape index (κ1) is 25.1. The minimum absolute atomic E-state index is 0. The quantitative estimate of drug-likeness (QED) is 0.510. The van der Waals surface area contributed by atoms with Gasteiger partial charge in [-0.3, -0.25) is 9.69 Å². The summed E-state index contributed by atoms with van der Waals surface area (Å²) in [4.78, 5) is 21.8. The van der Waals surface area contributed by atoms with E-state index in [9.17, 15) is 13.2 Å². The van der Waals surface area contributed by atoms with Gasteiger partial charge in [-0.25, -0.2) is 13.4 Å². The summed E-state index contributed by atoms with van der Waals surface area (Å²) in [7, 11) is 2.03. The van der Waals surface area contributed by atoms with E-state index >= 15 is 0 Å². The second-order valence-electron chi connectivity index (χ2n) is 7.32. The van der Waals surface area contributed by atoms with Gasteiger partial charge < -0.3 is 9.64 Å². The molecular formula is C21H26ClN3O4S2. The predicted octanol–water partition coefficient (Wildman–Crippen LogP) is 3.65. The van der Waals surface area contributed by atoms with Gasteiger partial charge in [0, 0.05) is 24.9 Å². The van der Waals surface area contributed by atoms with Crippen molar-refractivity contribution in [2.45, 2.75) is 11.8 Å². The number of halogens is 1. The molecule has 0 fully saturated rings. The molecular weight excluding hydrogens is 458 g/mol. The van der Waals surface area contributed by atoms with E-state index in [0.29, 0.717) is 35.1 Å². The molecule has 2 aromatic carbocycles. The van der Waals surface area contributed by atoms with E-state index < -0.39 is 9.84 Å². The molecule has 168 valence electrons. The van der Waals surface area contributed by atoms with Crippen LogP contribution in [0.3, 0.4) is 0 Å². The zero-order valence-electron chi connectivity index (χ0n) is 18.1. The Labute approximate surface area is 193 Å². The predicted molar refractivity (Wildman–Crippen MR) is 128 cm³/mol. The molecule has 1 aromatic heterocycles. The fraction of sp³-hybridized carbons (Fsp3) is 0.333. The number of hydrogen-bond acceptors (Lipinski definition) is 7. The SMILES string of the molecule is COc1ccc(C)c2sc(N(CCN(C)C)C(=O)c3cccc(S(C)(=O)=O)c3)nc12.Cl. The molecule has 0 atom stereocenters. The van der Waals surface area contributed by atoms with Crippen LogP contribution in [-0.2, 0) is 9.84 Å². The Kier molecular flexibility index (Phi) is 8.04. The van der Waals surface area contributed by atoms with E-state index in [-0.39, 0.29) is 23.2 Å². The molecule has 7 nitrogen and oxygen atoms in total. The number of anilines is 1. The zero-order chi connectivity index (χ0) is 22.1. The fourth-order valence-corrected chi connectivity index (χ4v) is 4.72. The maximum Gasteiger partial charge on any atom is 0.260 e. The van der Waals surface area contributed by atoms with Crippen LogP contribution in [0.15, 0.2) is 41.3 Å². The molecule has 0 bridgehead atoms. The molecule has 0 aliphatic heterocycles. The fourth-order valence-electron chi connectivity index (χ4n) is 2.98. The molecule has 3 aromatic rings. The van der Waals surface area contributed by atoms with E-state index in [1.54, 1.807) is 24.1 Å². The molecule has 0 aliphatic carbocycles. The minimum atomic E-state index is -3.42. The number of sulfone groups is 1. The summed E-state index contributed by atoms with van der Waals surface area (Å²) in [6, 6.07) is 9.94. The number of nitrogens with zero attached hydrogens (tertiary/aromatic N) is 3. The molecule has 31 heavy (non-hydrogen) atoms. The molecule has 1 amide bonds. The van der Waals surface area contributed by atoms with E-state index in [1.807, 2.05) is 38.1 Å². The number of likely N-dealkylation sites (N-methyl/N-ethyl adjacent to an activating group) is 1. The number of carbonyl (C=O) groups is 1. The van der Waals surface area contributed by atoms with Crippen LogP contribution < -0.4 is 9.64 Å². The number of hydrogen-bond donors (Lipinski definition) is 0.